The van der Waals surface area contributed by atoms with Crippen LogP contribution >= 0.6 is 22.7 Å². The average molecular weight is 382 g/mol. The number of benzene rings is 1. The van der Waals surface area contributed by atoms with Crippen LogP contribution in [0.15, 0.2) is 65.6 Å². The van der Waals surface area contributed by atoms with Crippen molar-refractivity contribution in [3.05, 3.63) is 75.4 Å². The minimum atomic E-state index is 0.171. The standard InChI is InChI=1S/C20H19N3OS2/c24-20(9-10-22-15-21-18-7-1-2-8-19(18)22)23(13-16-5-3-11-25-16)14-17-6-4-12-26-17/h1-8,11-12,15H,9-10,13-14H2. The van der Waals surface area contributed by atoms with Gasteiger partial charge in [0.2, 0.25) is 5.91 Å². The third-order valence-electron chi connectivity index (χ3n) is 4.30. The number of hydrogen-bond acceptors (Lipinski definition) is 4. The Morgan fingerprint density at radius 3 is 2.31 bits per heavy atom. The second-order valence-corrected chi connectivity index (χ2v) is 8.15. The summed E-state index contributed by atoms with van der Waals surface area (Å²) in [5.74, 6) is 0.171. The smallest absolute Gasteiger partial charge is 0.225 e. The molecule has 0 N–H and O–H groups in total. The molecule has 4 aromatic rings. The minimum absolute atomic E-state index is 0.171. The zero-order valence-corrected chi connectivity index (χ0v) is 15.9. The van der Waals surface area contributed by atoms with Crippen LogP contribution in [-0.2, 0) is 24.4 Å². The lowest BCUT2D eigenvalue weighted by molar-refractivity contribution is -0.132. The van der Waals surface area contributed by atoms with Gasteiger partial charge < -0.3 is 9.47 Å². The topological polar surface area (TPSA) is 38.1 Å². The summed E-state index contributed by atoms with van der Waals surface area (Å²) in [6, 6.07) is 16.3. The predicted molar refractivity (Wildman–Crippen MR) is 107 cm³/mol. The van der Waals surface area contributed by atoms with Gasteiger partial charge in [0.05, 0.1) is 30.5 Å². The number of carbonyl (C=O) groups excluding carboxylic acids is 1. The molecule has 0 bridgehead atoms. The first-order valence-corrected chi connectivity index (χ1v) is 10.3. The Bertz CT molecular complexity index is 938. The fourth-order valence-corrected chi connectivity index (χ4v) is 4.42. The van der Waals surface area contributed by atoms with Gasteiger partial charge in [-0.15, -0.1) is 22.7 Å². The highest BCUT2D eigenvalue weighted by Crippen LogP contribution is 2.19. The maximum absolute atomic E-state index is 12.9. The fraction of sp³-hybridized carbons (Fsp3) is 0.200. The van der Waals surface area contributed by atoms with Gasteiger partial charge in [-0.25, -0.2) is 4.98 Å². The Labute approximate surface area is 160 Å². The lowest BCUT2D eigenvalue weighted by Gasteiger charge is -2.22. The Kier molecular flexibility index (Phi) is 5.13. The summed E-state index contributed by atoms with van der Waals surface area (Å²) < 4.78 is 2.06. The van der Waals surface area contributed by atoms with Gasteiger partial charge in [0.1, 0.15) is 0 Å². The Balaban J connectivity index is 1.46. The van der Waals surface area contributed by atoms with Gasteiger partial charge in [-0.3, -0.25) is 4.79 Å². The number of imidazole rings is 1. The van der Waals surface area contributed by atoms with Crippen molar-refractivity contribution in [3.63, 3.8) is 0 Å². The maximum Gasteiger partial charge on any atom is 0.225 e. The van der Waals surface area contributed by atoms with Crippen molar-refractivity contribution in [1.82, 2.24) is 14.5 Å². The molecule has 0 saturated heterocycles. The monoisotopic (exact) mass is 381 g/mol. The summed E-state index contributed by atoms with van der Waals surface area (Å²) in [7, 11) is 0. The van der Waals surface area contributed by atoms with Crippen LogP contribution in [0.1, 0.15) is 16.2 Å². The van der Waals surface area contributed by atoms with Gasteiger partial charge in [0, 0.05) is 22.7 Å². The van der Waals surface area contributed by atoms with Crippen LogP contribution in [0, 0.1) is 0 Å². The van der Waals surface area contributed by atoms with Gasteiger partial charge >= 0.3 is 0 Å². The first-order valence-electron chi connectivity index (χ1n) is 8.52. The van der Waals surface area contributed by atoms with Crippen molar-refractivity contribution < 1.29 is 4.79 Å². The summed E-state index contributed by atoms with van der Waals surface area (Å²) >= 11 is 3.39. The van der Waals surface area contributed by atoms with E-state index in [0.29, 0.717) is 26.1 Å². The summed E-state index contributed by atoms with van der Waals surface area (Å²) in [4.78, 5) is 21.7. The second-order valence-electron chi connectivity index (χ2n) is 6.09. The second kappa shape index (κ2) is 7.85. The van der Waals surface area contributed by atoms with Gasteiger partial charge in [-0.1, -0.05) is 24.3 Å². The van der Waals surface area contributed by atoms with Crippen LogP contribution in [0.3, 0.4) is 0 Å². The highest BCUT2D eigenvalue weighted by atomic mass is 32.1. The van der Waals surface area contributed by atoms with Crippen LogP contribution in [0.4, 0.5) is 0 Å². The molecule has 0 aliphatic rings. The highest BCUT2D eigenvalue weighted by Gasteiger charge is 2.16. The molecule has 3 aromatic heterocycles. The number of rotatable bonds is 7. The third-order valence-corrected chi connectivity index (χ3v) is 6.02. The first-order chi connectivity index (χ1) is 12.8. The van der Waals surface area contributed by atoms with E-state index in [1.807, 2.05) is 47.6 Å². The molecule has 4 nitrogen and oxygen atoms in total. The molecule has 1 amide bonds. The van der Waals surface area contributed by atoms with E-state index in [4.69, 9.17) is 0 Å². The fourth-order valence-electron chi connectivity index (χ4n) is 2.98. The van der Waals surface area contributed by atoms with Crippen LogP contribution in [0.25, 0.3) is 11.0 Å². The quantitative estimate of drug-likeness (QED) is 0.462. The first kappa shape index (κ1) is 17.0. The van der Waals surface area contributed by atoms with E-state index < -0.39 is 0 Å². The van der Waals surface area contributed by atoms with Crippen LogP contribution in [0.5, 0.6) is 0 Å². The number of fused-ring (bicyclic) bond motifs is 1. The molecule has 0 aliphatic heterocycles. The number of amides is 1. The van der Waals surface area contributed by atoms with E-state index in [1.165, 1.54) is 9.75 Å². The normalized spacial score (nSPS) is 11.1. The molecule has 0 unspecified atom stereocenters. The molecule has 0 atom stereocenters. The molecular formula is C20H19N3OS2. The molecule has 4 rings (SSSR count). The number of hydrogen-bond donors (Lipinski definition) is 0. The van der Waals surface area contributed by atoms with E-state index >= 15 is 0 Å². The SMILES string of the molecule is O=C(CCn1cnc2ccccc21)N(Cc1cccs1)Cc1cccs1. The van der Waals surface area contributed by atoms with E-state index in [1.54, 1.807) is 22.7 Å². The maximum atomic E-state index is 12.9. The lowest BCUT2D eigenvalue weighted by Crippen LogP contribution is -2.30. The molecular weight excluding hydrogens is 362 g/mol. The van der Waals surface area contributed by atoms with Gasteiger partial charge in [0.25, 0.3) is 0 Å². The van der Waals surface area contributed by atoms with Crippen LogP contribution in [0.2, 0.25) is 0 Å². The van der Waals surface area contributed by atoms with Gasteiger partial charge in [-0.2, -0.15) is 0 Å². The molecule has 26 heavy (non-hydrogen) atoms. The van der Waals surface area contributed by atoms with Gasteiger partial charge in [0.15, 0.2) is 0 Å². The molecule has 6 heteroatoms. The Morgan fingerprint density at radius 2 is 1.65 bits per heavy atom. The van der Waals surface area contributed by atoms with Crippen molar-refractivity contribution in [2.75, 3.05) is 0 Å². The average Bonchev–Trinajstić information content (AvgIpc) is 3.41. The lowest BCUT2D eigenvalue weighted by atomic mass is 10.3. The molecule has 0 fully saturated rings. The van der Waals surface area contributed by atoms with Crippen LogP contribution < -0.4 is 0 Å². The third kappa shape index (κ3) is 3.86. The molecule has 132 valence electrons. The van der Waals surface area contributed by atoms with Gasteiger partial charge in [-0.05, 0) is 35.0 Å². The number of nitrogens with zero attached hydrogens (tertiary/aromatic N) is 3. The highest BCUT2D eigenvalue weighted by molar-refractivity contribution is 7.10. The van der Waals surface area contributed by atoms with E-state index in [9.17, 15) is 4.79 Å². The zero-order chi connectivity index (χ0) is 17.8. The van der Waals surface area contributed by atoms with Crippen molar-refractivity contribution in [2.45, 2.75) is 26.1 Å². The molecule has 0 spiro atoms. The van der Waals surface area contributed by atoms with Crippen molar-refractivity contribution in [2.24, 2.45) is 0 Å². The summed E-state index contributed by atoms with van der Waals surface area (Å²) in [5.41, 5.74) is 2.04. The van der Waals surface area contributed by atoms with Crippen molar-refractivity contribution in [3.8, 4) is 0 Å². The number of thiophene rings is 2. The predicted octanol–water partition coefficient (Wildman–Crippen LogP) is 4.78. The molecule has 1 aromatic carbocycles. The summed E-state index contributed by atoms with van der Waals surface area (Å²) in [6.07, 6.45) is 2.29. The summed E-state index contributed by atoms with van der Waals surface area (Å²) in [5, 5.41) is 4.11. The minimum Gasteiger partial charge on any atom is -0.332 e. The molecule has 3 heterocycles. The number of aromatic nitrogens is 2. The Hall–Kier alpha value is -2.44. The van der Waals surface area contributed by atoms with Crippen LogP contribution in [-0.4, -0.2) is 20.4 Å². The number of carbonyl (C=O) groups is 1. The van der Waals surface area contributed by atoms with Crippen molar-refractivity contribution >= 4 is 39.6 Å². The Morgan fingerprint density at radius 1 is 0.962 bits per heavy atom. The van der Waals surface area contributed by atoms with E-state index in [0.717, 1.165) is 11.0 Å². The zero-order valence-electron chi connectivity index (χ0n) is 14.2. The van der Waals surface area contributed by atoms with Crippen molar-refractivity contribution in [1.29, 1.82) is 0 Å². The molecule has 0 saturated carbocycles. The summed E-state index contributed by atoms with van der Waals surface area (Å²) in [6.45, 7) is 1.98. The molecule has 0 radical (unpaired) electrons. The molecule has 0 aliphatic carbocycles. The van der Waals surface area contributed by atoms with E-state index in [-0.39, 0.29) is 5.91 Å². The number of para-hydroxylation sites is 2. The largest absolute Gasteiger partial charge is 0.332 e. The number of aryl methyl sites for hydroxylation is 1. The van der Waals surface area contributed by atoms with E-state index in [2.05, 4.69) is 32.4 Å².